The van der Waals surface area contributed by atoms with E-state index in [0.29, 0.717) is 4.47 Å². The van der Waals surface area contributed by atoms with E-state index in [1.807, 2.05) is 30.5 Å². The van der Waals surface area contributed by atoms with Gasteiger partial charge in [-0.3, -0.25) is 14.5 Å². The molecule has 1 atom stereocenters. The number of carbonyl (C=O) groups excluding carboxylic acids is 2. The molecular weight excluding hydrogens is 433 g/mol. The maximum Gasteiger partial charge on any atom is 0.241 e. The lowest BCUT2D eigenvalue weighted by molar-refractivity contribution is -0.122. The van der Waals surface area contributed by atoms with E-state index in [4.69, 9.17) is 0 Å². The Balaban J connectivity index is 1.94. The number of thioether (sulfide) groups is 1. The first kappa shape index (κ1) is 21.4. The molecule has 5 nitrogen and oxygen atoms in total. The highest BCUT2D eigenvalue weighted by Gasteiger charge is 2.21. The molecule has 2 N–H and O–H groups in total. The fourth-order valence-electron chi connectivity index (χ4n) is 2.33. The van der Waals surface area contributed by atoms with Crippen LogP contribution in [0.25, 0.3) is 0 Å². The Morgan fingerprint density at radius 2 is 1.89 bits per heavy atom. The number of likely N-dealkylation sites (N-methyl/N-ethyl adjacent to an activating group) is 1. The molecule has 0 bridgehead atoms. The second-order valence-corrected chi connectivity index (χ2v) is 7.72. The van der Waals surface area contributed by atoms with Crippen molar-refractivity contribution in [2.75, 3.05) is 30.5 Å². The van der Waals surface area contributed by atoms with Crippen LogP contribution >= 0.6 is 27.7 Å². The molecule has 0 spiro atoms. The third-order valence-corrected chi connectivity index (χ3v) is 5.29. The summed E-state index contributed by atoms with van der Waals surface area (Å²) in [5.74, 6) is -1.15. The molecule has 2 rings (SSSR count). The molecule has 0 aromatic heterocycles. The van der Waals surface area contributed by atoms with Crippen LogP contribution in [0.3, 0.4) is 0 Å². The average Bonchev–Trinajstić information content (AvgIpc) is 2.63. The van der Waals surface area contributed by atoms with Gasteiger partial charge in [0.05, 0.1) is 24.0 Å². The molecule has 2 amide bonds. The standard InChI is InChI=1S/C19H21BrFN3O2S/c1-12(19(26)23-15-9-8-13(20)10-14(15)21)24(2)11-18(25)22-16-6-4-5-7-17(16)27-3/h4-10,12H,11H2,1-3H3,(H,22,25)(H,23,26). The highest BCUT2D eigenvalue weighted by atomic mass is 79.9. The molecule has 0 aliphatic heterocycles. The number of rotatable bonds is 7. The lowest BCUT2D eigenvalue weighted by Crippen LogP contribution is -2.43. The monoisotopic (exact) mass is 453 g/mol. The minimum Gasteiger partial charge on any atom is -0.324 e. The zero-order chi connectivity index (χ0) is 20.0. The van der Waals surface area contributed by atoms with Crippen molar-refractivity contribution in [1.29, 1.82) is 0 Å². The summed E-state index contributed by atoms with van der Waals surface area (Å²) in [5, 5.41) is 5.40. The van der Waals surface area contributed by atoms with Crippen LogP contribution in [-0.4, -0.2) is 42.6 Å². The van der Waals surface area contributed by atoms with Gasteiger partial charge in [-0.15, -0.1) is 11.8 Å². The first-order chi connectivity index (χ1) is 12.8. The van der Waals surface area contributed by atoms with E-state index in [-0.39, 0.29) is 18.1 Å². The van der Waals surface area contributed by atoms with Crippen molar-refractivity contribution in [3.8, 4) is 0 Å². The summed E-state index contributed by atoms with van der Waals surface area (Å²) in [4.78, 5) is 27.2. The third-order valence-electron chi connectivity index (χ3n) is 4.00. The largest absolute Gasteiger partial charge is 0.324 e. The fraction of sp³-hybridized carbons (Fsp3) is 0.263. The molecule has 2 aromatic rings. The highest BCUT2D eigenvalue weighted by molar-refractivity contribution is 9.10. The van der Waals surface area contributed by atoms with Gasteiger partial charge < -0.3 is 10.6 Å². The van der Waals surface area contributed by atoms with Crippen molar-refractivity contribution in [3.63, 3.8) is 0 Å². The normalized spacial score (nSPS) is 11.9. The van der Waals surface area contributed by atoms with Crippen molar-refractivity contribution < 1.29 is 14.0 Å². The molecule has 0 radical (unpaired) electrons. The second kappa shape index (κ2) is 9.87. The van der Waals surface area contributed by atoms with E-state index in [9.17, 15) is 14.0 Å². The quantitative estimate of drug-likeness (QED) is 0.616. The van der Waals surface area contributed by atoms with Gasteiger partial charge in [0.2, 0.25) is 11.8 Å². The van der Waals surface area contributed by atoms with Gasteiger partial charge in [0.15, 0.2) is 0 Å². The van der Waals surface area contributed by atoms with Crippen LogP contribution in [-0.2, 0) is 9.59 Å². The predicted octanol–water partition coefficient (Wildman–Crippen LogP) is 4.21. The van der Waals surface area contributed by atoms with Crippen molar-refractivity contribution in [1.82, 2.24) is 4.90 Å². The molecule has 144 valence electrons. The summed E-state index contributed by atoms with van der Waals surface area (Å²) in [6.07, 6.45) is 1.94. The number of benzene rings is 2. The summed E-state index contributed by atoms with van der Waals surface area (Å²) in [6.45, 7) is 1.69. The van der Waals surface area contributed by atoms with Gasteiger partial charge in [0, 0.05) is 9.37 Å². The molecule has 0 aliphatic rings. The number of halogens is 2. The van der Waals surface area contributed by atoms with Gasteiger partial charge in [0.1, 0.15) is 5.82 Å². The van der Waals surface area contributed by atoms with Crippen molar-refractivity contribution >= 4 is 50.9 Å². The Labute approximate surface area is 170 Å². The lowest BCUT2D eigenvalue weighted by atomic mass is 10.2. The number of anilines is 2. The van der Waals surface area contributed by atoms with Gasteiger partial charge in [-0.05, 0) is 50.6 Å². The number of hydrogen-bond donors (Lipinski definition) is 2. The number of nitrogens with one attached hydrogen (secondary N) is 2. The Hall–Kier alpha value is -1.90. The first-order valence-corrected chi connectivity index (χ1v) is 10.2. The van der Waals surface area contributed by atoms with Gasteiger partial charge >= 0.3 is 0 Å². The van der Waals surface area contributed by atoms with E-state index >= 15 is 0 Å². The molecule has 8 heteroatoms. The predicted molar refractivity (Wildman–Crippen MR) is 112 cm³/mol. The van der Waals surface area contributed by atoms with Gasteiger partial charge in [-0.1, -0.05) is 28.1 Å². The SMILES string of the molecule is CSc1ccccc1NC(=O)CN(C)C(C)C(=O)Nc1ccc(Br)cc1F. The molecule has 2 aromatic carbocycles. The van der Waals surface area contributed by atoms with E-state index < -0.39 is 17.8 Å². The number of hydrogen-bond acceptors (Lipinski definition) is 4. The van der Waals surface area contributed by atoms with E-state index in [2.05, 4.69) is 26.6 Å². The number of amides is 2. The smallest absolute Gasteiger partial charge is 0.241 e. The summed E-state index contributed by atoms with van der Waals surface area (Å²) >= 11 is 4.71. The molecule has 0 heterocycles. The molecule has 1 unspecified atom stereocenters. The van der Waals surface area contributed by atoms with Crippen LogP contribution in [0.2, 0.25) is 0 Å². The molecule has 0 aliphatic carbocycles. The zero-order valence-corrected chi connectivity index (χ0v) is 17.7. The van der Waals surface area contributed by atoms with Crippen molar-refractivity contribution in [2.45, 2.75) is 17.9 Å². The van der Waals surface area contributed by atoms with Crippen LogP contribution in [0.15, 0.2) is 51.8 Å². The fourth-order valence-corrected chi connectivity index (χ4v) is 3.22. The van der Waals surface area contributed by atoms with Crippen LogP contribution < -0.4 is 10.6 Å². The van der Waals surface area contributed by atoms with Gasteiger partial charge in [-0.2, -0.15) is 0 Å². The summed E-state index contributed by atoms with van der Waals surface area (Å²) in [5.41, 5.74) is 0.833. The maximum atomic E-state index is 13.9. The summed E-state index contributed by atoms with van der Waals surface area (Å²) < 4.78 is 14.5. The minimum atomic E-state index is -0.616. The summed E-state index contributed by atoms with van der Waals surface area (Å²) in [6, 6.07) is 11.3. The minimum absolute atomic E-state index is 0.0279. The van der Waals surface area contributed by atoms with Crippen LogP contribution in [0.5, 0.6) is 0 Å². The molecular formula is C19H21BrFN3O2S. The molecule has 0 saturated carbocycles. The molecule has 27 heavy (non-hydrogen) atoms. The van der Waals surface area contributed by atoms with Crippen molar-refractivity contribution in [3.05, 3.63) is 52.8 Å². The number of para-hydroxylation sites is 1. The van der Waals surface area contributed by atoms with Gasteiger partial charge in [-0.25, -0.2) is 4.39 Å². The number of nitrogens with zero attached hydrogens (tertiary/aromatic N) is 1. The topological polar surface area (TPSA) is 61.4 Å². The van der Waals surface area contributed by atoms with Crippen molar-refractivity contribution in [2.24, 2.45) is 0 Å². The average molecular weight is 454 g/mol. The van der Waals surface area contributed by atoms with Crippen LogP contribution in [0, 0.1) is 5.82 Å². The molecule has 0 fully saturated rings. The van der Waals surface area contributed by atoms with E-state index in [1.54, 1.807) is 24.9 Å². The van der Waals surface area contributed by atoms with E-state index in [0.717, 1.165) is 10.6 Å². The molecule has 0 saturated heterocycles. The van der Waals surface area contributed by atoms with Crippen LogP contribution in [0.4, 0.5) is 15.8 Å². The second-order valence-electron chi connectivity index (χ2n) is 5.95. The summed E-state index contributed by atoms with van der Waals surface area (Å²) in [7, 11) is 1.67. The maximum absolute atomic E-state index is 13.9. The Bertz CT molecular complexity index is 834. The van der Waals surface area contributed by atoms with Crippen LogP contribution in [0.1, 0.15) is 6.92 Å². The highest BCUT2D eigenvalue weighted by Crippen LogP contribution is 2.24. The Morgan fingerprint density at radius 3 is 2.56 bits per heavy atom. The van der Waals surface area contributed by atoms with Gasteiger partial charge in [0.25, 0.3) is 0 Å². The third kappa shape index (κ3) is 6.05. The zero-order valence-electron chi connectivity index (χ0n) is 15.3. The number of carbonyl (C=O) groups is 2. The first-order valence-electron chi connectivity index (χ1n) is 8.21. The Kier molecular flexibility index (Phi) is 7.82. The van der Waals surface area contributed by atoms with E-state index in [1.165, 1.54) is 23.9 Å². The lowest BCUT2D eigenvalue weighted by Gasteiger charge is -2.23. The Morgan fingerprint density at radius 1 is 1.19 bits per heavy atom.